The average Bonchev–Trinajstić information content (AvgIpc) is 3.36. The molecule has 2 aliphatic heterocycles. The molecular weight excluding hydrogens is 350 g/mol. The first-order valence-electron chi connectivity index (χ1n) is 9.87. The predicted octanol–water partition coefficient (Wildman–Crippen LogP) is 2.02. The van der Waals surface area contributed by atoms with Crippen molar-refractivity contribution >= 4 is 17.7 Å². The fourth-order valence-electron chi connectivity index (χ4n) is 4.24. The number of ether oxygens (including phenoxy) is 1. The number of nitrogens with zero attached hydrogens (tertiary/aromatic N) is 3. The van der Waals surface area contributed by atoms with Crippen molar-refractivity contribution in [1.82, 2.24) is 14.5 Å². The van der Waals surface area contributed by atoms with Gasteiger partial charge in [-0.1, -0.05) is 11.8 Å². The van der Waals surface area contributed by atoms with E-state index in [-0.39, 0.29) is 17.7 Å². The third-order valence-electron chi connectivity index (χ3n) is 5.65. The summed E-state index contributed by atoms with van der Waals surface area (Å²) < 4.78 is 7.57. The Hall–Kier alpha value is -1.34. The third kappa shape index (κ3) is 3.83. The van der Waals surface area contributed by atoms with Gasteiger partial charge in [0.05, 0.1) is 18.4 Å². The first-order chi connectivity index (χ1) is 12.7. The van der Waals surface area contributed by atoms with E-state index >= 15 is 0 Å². The number of rotatable bonds is 5. The summed E-state index contributed by atoms with van der Waals surface area (Å²) in [7, 11) is 0. The van der Waals surface area contributed by atoms with E-state index in [0.717, 1.165) is 81.8 Å². The molecule has 6 nitrogen and oxygen atoms in total. The Morgan fingerprint density at radius 1 is 1.15 bits per heavy atom. The Balaban J connectivity index is 1.54. The number of hydrogen-bond donors (Lipinski definition) is 0. The third-order valence-corrected chi connectivity index (χ3v) is 6.65. The predicted molar refractivity (Wildman–Crippen MR) is 101 cm³/mol. The molecule has 2 fully saturated rings. The number of aromatic nitrogens is 2. The first-order valence-corrected chi connectivity index (χ1v) is 10.9. The van der Waals surface area contributed by atoms with Crippen molar-refractivity contribution in [2.24, 2.45) is 0 Å². The normalized spacial score (nSPS) is 22.6. The molecule has 4 rings (SSSR count). The molecule has 0 radical (unpaired) electrons. The van der Waals surface area contributed by atoms with Crippen molar-refractivity contribution in [3.8, 4) is 0 Å². The molecular formula is C19H27N3O3S. The standard InChI is InChI=1S/C19H27N3O3S/c23-17(21-9-3-4-10-21)13-26-18-15-7-1-2-8-16(15)22(19(24)20-18)12-14-6-5-11-25-14/h14H,1-13H2. The van der Waals surface area contributed by atoms with Gasteiger partial charge in [0.15, 0.2) is 0 Å². The molecule has 1 aromatic rings. The Morgan fingerprint density at radius 3 is 2.73 bits per heavy atom. The van der Waals surface area contributed by atoms with Gasteiger partial charge in [0.1, 0.15) is 5.03 Å². The van der Waals surface area contributed by atoms with Crippen LogP contribution in [-0.4, -0.2) is 51.9 Å². The van der Waals surface area contributed by atoms with Crippen LogP contribution < -0.4 is 5.69 Å². The van der Waals surface area contributed by atoms with E-state index in [0.29, 0.717) is 12.3 Å². The van der Waals surface area contributed by atoms with Crippen LogP contribution in [0.2, 0.25) is 0 Å². The molecule has 1 atom stereocenters. The number of carbonyl (C=O) groups excluding carboxylic acids is 1. The Bertz CT molecular complexity index is 721. The lowest BCUT2D eigenvalue weighted by atomic mass is 9.97. The van der Waals surface area contributed by atoms with Gasteiger partial charge in [-0.25, -0.2) is 4.79 Å². The molecule has 0 bridgehead atoms. The van der Waals surface area contributed by atoms with Gasteiger partial charge in [-0.2, -0.15) is 4.98 Å². The fourth-order valence-corrected chi connectivity index (χ4v) is 5.21. The van der Waals surface area contributed by atoms with Gasteiger partial charge < -0.3 is 9.64 Å². The molecule has 7 heteroatoms. The maximum atomic E-state index is 12.7. The van der Waals surface area contributed by atoms with Crippen molar-refractivity contribution < 1.29 is 9.53 Å². The van der Waals surface area contributed by atoms with E-state index in [2.05, 4.69) is 4.98 Å². The summed E-state index contributed by atoms with van der Waals surface area (Å²) >= 11 is 1.45. The lowest BCUT2D eigenvalue weighted by Gasteiger charge is -2.24. The van der Waals surface area contributed by atoms with Crippen LogP contribution in [0.25, 0.3) is 0 Å². The monoisotopic (exact) mass is 377 g/mol. The van der Waals surface area contributed by atoms with E-state index < -0.39 is 0 Å². The van der Waals surface area contributed by atoms with Crippen LogP contribution in [-0.2, 0) is 28.9 Å². The van der Waals surface area contributed by atoms with Crippen LogP contribution in [0.1, 0.15) is 49.8 Å². The topological polar surface area (TPSA) is 64.4 Å². The second-order valence-electron chi connectivity index (χ2n) is 7.45. The second kappa shape index (κ2) is 8.13. The minimum Gasteiger partial charge on any atom is -0.376 e. The summed E-state index contributed by atoms with van der Waals surface area (Å²) in [6.45, 7) is 3.15. The van der Waals surface area contributed by atoms with Crippen molar-refractivity contribution in [1.29, 1.82) is 0 Å². The summed E-state index contributed by atoms with van der Waals surface area (Å²) in [5.41, 5.74) is 2.13. The molecule has 26 heavy (non-hydrogen) atoms. The smallest absolute Gasteiger partial charge is 0.348 e. The van der Waals surface area contributed by atoms with Crippen molar-refractivity contribution in [2.75, 3.05) is 25.4 Å². The molecule has 0 aromatic carbocycles. The van der Waals surface area contributed by atoms with Gasteiger partial charge in [0.25, 0.3) is 0 Å². The highest BCUT2D eigenvalue weighted by molar-refractivity contribution is 7.99. The van der Waals surface area contributed by atoms with Crippen LogP contribution in [0, 0.1) is 0 Å². The van der Waals surface area contributed by atoms with Gasteiger partial charge in [0, 0.05) is 31.0 Å². The zero-order chi connectivity index (χ0) is 17.9. The van der Waals surface area contributed by atoms with Gasteiger partial charge in [-0.3, -0.25) is 9.36 Å². The number of carbonyl (C=O) groups is 1. The van der Waals surface area contributed by atoms with Crippen LogP contribution >= 0.6 is 11.8 Å². The van der Waals surface area contributed by atoms with E-state index in [1.54, 1.807) is 0 Å². The van der Waals surface area contributed by atoms with Crippen LogP contribution in [0.4, 0.5) is 0 Å². The molecule has 2 saturated heterocycles. The first kappa shape index (κ1) is 18.0. The summed E-state index contributed by atoms with van der Waals surface area (Å²) in [6.07, 6.45) is 8.54. The number of amides is 1. The molecule has 1 aliphatic carbocycles. The van der Waals surface area contributed by atoms with Gasteiger partial charge in [-0.05, 0) is 51.4 Å². The van der Waals surface area contributed by atoms with E-state index in [1.807, 2.05) is 9.47 Å². The number of fused-ring (bicyclic) bond motifs is 1. The molecule has 142 valence electrons. The SMILES string of the molecule is O=C(CSc1nc(=O)n(CC2CCCO2)c2c1CCCC2)N1CCCC1. The highest BCUT2D eigenvalue weighted by Crippen LogP contribution is 2.29. The summed E-state index contributed by atoms with van der Waals surface area (Å²) in [5, 5.41) is 0.779. The summed E-state index contributed by atoms with van der Waals surface area (Å²) in [4.78, 5) is 31.3. The van der Waals surface area contributed by atoms with Crippen molar-refractivity contribution in [2.45, 2.75) is 69.0 Å². The van der Waals surface area contributed by atoms with E-state index in [4.69, 9.17) is 4.74 Å². The molecule has 1 unspecified atom stereocenters. The highest BCUT2D eigenvalue weighted by Gasteiger charge is 2.25. The molecule has 0 spiro atoms. The maximum absolute atomic E-state index is 12.7. The Morgan fingerprint density at radius 2 is 1.96 bits per heavy atom. The quantitative estimate of drug-likeness (QED) is 0.580. The van der Waals surface area contributed by atoms with Gasteiger partial charge >= 0.3 is 5.69 Å². The lowest BCUT2D eigenvalue weighted by molar-refractivity contribution is -0.127. The molecule has 1 amide bonds. The summed E-state index contributed by atoms with van der Waals surface area (Å²) in [6, 6.07) is 0. The summed E-state index contributed by atoms with van der Waals surface area (Å²) in [5.74, 6) is 0.552. The van der Waals surface area contributed by atoms with Crippen molar-refractivity contribution in [3.05, 3.63) is 21.7 Å². The second-order valence-corrected chi connectivity index (χ2v) is 8.42. The van der Waals surface area contributed by atoms with Crippen LogP contribution in [0.15, 0.2) is 9.82 Å². The molecule has 0 N–H and O–H groups in total. The molecule has 1 aromatic heterocycles. The van der Waals surface area contributed by atoms with Gasteiger partial charge in [0.2, 0.25) is 5.91 Å². The molecule has 3 aliphatic rings. The van der Waals surface area contributed by atoms with E-state index in [9.17, 15) is 9.59 Å². The zero-order valence-electron chi connectivity index (χ0n) is 15.2. The fraction of sp³-hybridized carbons (Fsp3) is 0.737. The Kier molecular flexibility index (Phi) is 5.64. The maximum Gasteiger partial charge on any atom is 0.348 e. The largest absolute Gasteiger partial charge is 0.376 e. The van der Waals surface area contributed by atoms with Crippen molar-refractivity contribution in [3.63, 3.8) is 0 Å². The minimum atomic E-state index is -0.183. The zero-order valence-corrected chi connectivity index (χ0v) is 16.1. The number of likely N-dealkylation sites (tertiary alicyclic amines) is 1. The van der Waals surface area contributed by atoms with Crippen LogP contribution in [0.5, 0.6) is 0 Å². The number of hydrogen-bond acceptors (Lipinski definition) is 5. The number of thioether (sulfide) groups is 1. The van der Waals surface area contributed by atoms with Crippen LogP contribution in [0.3, 0.4) is 0 Å². The van der Waals surface area contributed by atoms with E-state index in [1.165, 1.54) is 17.3 Å². The molecule has 3 heterocycles. The Labute approximate surface area is 158 Å². The average molecular weight is 378 g/mol. The highest BCUT2D eigenvalue weighted by atomic mass is 32.2. The minimum absolute atomic E-state index is 0.135. The molecule has 0 saturated carbocycles. The lowest BCUT2D eigenvalue weighted by Crippen LogP contribution is -2.34. The van der Waals surface area contributed by atoms with Gasteiger partial charge in [-0.15, -0.1) is 0 Å².